The van der Waals surface area contributed by atoms with Crippen LogP contribution >= 0.6 is 0 Å². The number of hydrogen-bond acceptors (Lipinski definition) is 3. The molecule has 1 atom stereocenters. The fourth-order valence-corrected chi connectivity index (χ4v) is 3.80. The van der Waals surface area contributed by atoms with Gasteiger partial charge >= 0.3 is 0 Å². The highest BCUT2D eigenvalue weighted by molar-refractivity contribution is 5.94. The van der Waals surface area contributed by atoms with Crippen LogP contribution < -0.4 is 5.32 Å². The van der Waals surface area contributed by atoms with E-state index < -0.39 is 5.82 Å². The molecule has 2 aromatic heterocycles. The van der Waals surface area contributed by atoms with E-state index >= 15 is 0 Å². The Balaban J connectivity index is 1.61. The maximum absolute atomic E-state index is 14.7. The molecule has 5 nitrogen and oxygen atoms in total. The molecule has 6 heteroatoms. The van der Waals surface area contributed by atoms with Gasteiger partial charge in [-0.15, -0.1) is 0 Å². The monoisotopic (exact) mass is 436 g/mol. The number of rotatable bonds is 5. The van der Waals surface area contributed by atoms with Gasteiger partial charge in [0.15, 0.2) is 5.65 Å². The molecule has 1 amide bonds. The van der Waals surface area contributed by atoms with Crippen LogP contribution in [0, 0.1) is 5.82 Å². The minimum absolute atomic E-state index is 0.197. The van der Waals surface area contributed by atoms with Crippen LogP contribution in [0.4, 0.5) is 4.39 Å². The Morgan fingerprint density at radius 1 is 0.909 bits per heavy atom. The van der Waals surface area contributed by atoms with Crippen LogP contribution in [0.2, 0.25) is 0 Å². The van der Waals surface area contributed by atoms with Crippen LogP contribution in [-0.4, -0.2) is 20.5 Å². The first-order valence-electron chi connectivity index (χ1n) is 10.7. The number of hydrogen-bond donors (Lipinski definition) is 1. The Morgan fingerprint density at radius 2 is 1.58 bits per heavy atom. The minimum Gasteiger partial charge on any atom is -0.344 e. The Kier molecular flexibility index (Phi) is 5.40. The zero-order valence-electron chi connectivity index (χ0n) is 17.9. The molecule has 2 heterocycles. The van der Waals surface area contributed by atoms with Gasteiger partial charge in [-0.3, -0.25) is 4.79 Å². The van der Waals surface area contributed by atoms with Gasteiger partial charge in [0.1, 0.15) is 11.5 Å². The second-order valence-corrected chi connectivity index (χ2v) is 7.78. The number of halogens is 1. The minimum atomic E-state index is -0.397. The Labute approximate surface area is 190 Å². The molecule has 0 fully saturated rings. The van der Waals surface area contributed by atoms with Crippen LogP contribution in [0.1, 0.15) is 29.0 Å². The fraction of sp³-hybridized carbons (Fsp3) is 0.0741. The van der Waals surface area contributed by atoms with Gasteiger partial charge in [-0.25, -0.2) is 13.9 Å². The third-order valence-corrected chi connectivity index (χ3v) is 5.53. The van der Waals surface area contributed by atoms with E-state index in [2.05, 4.69) is 15.4 Å². The fourth-order valence-electron chi connectivity index (χ4n) is 3.80. The van der Waals surface area contributed by atoms with Gasteiger partial charge in [-0.2, -0.15) is 5.10 Å². The number of carbonyl (C=O) groups is 1. The third-order valence-electron chi connectivity index (χ3n) is 5.53. The molecule has 0 spiro atoms. The van der Waals surface area contributed by atoms with E-state index in [9.17, 15) is 9.18 Å². The third kappa shape index (κ3) is 4.11. The predicted molar refractivity (Wildman–Crippen MR) is 126 cm³/mol. The second-order valence-electron chi connectivity index (χ2n) is 7.78. The molecule has 0 bridgehead atoms. The number of amides is 1. The smallest absolute Gasteiger partial charge is 0.270 e. The van der Waals surface area contributed by atoms with Crippen molar-refractivity contribution in [3.05, 3.63) is 114 Å². The van der Waals surface area contributed by atoms with Crippen molar-refractivity contribution in [2.45, 2.75) is 13.0 Å². The SMILES string of the molecule is CC(NC(=O)c1cc(-c2ccccc2F)n2nc(-c3ccccc3)cc2n1)c1ccccc1. The molecule has 0 aliphatic heterocycles. The van der Waals surface area contributed by atoms with Crippen molar-refractivity contribution in [2.24, 2.45) is 0 Å². The van der Waals surface area contributed by atoms with Crippen molar-refractivity contribution >= 4 is 11.6 Å². The summed E-state index contributed by atoms with van der Waals surface area (Å²) in [6.07, 6.45) is 0. The van der Waals surface area contributed by atoms with Crippen LogP contribution in [0.5, 0.6) is 0 Å². The van der Waals surface area contributed by atoms with Crippen LogP contribution in [0.3, 0.4) is 0 Å². The summed E-state index contributed by atoms with van der Waals surface area (Å²) >= 11 is 0. The molecule has 162 valence electrons. The standard InChI is InChI=1S/C27H21FN4O/c1-18(19-10-4-2-5-11-19)29-27(33)24-16-25(21-14-8-9-15-22(21)28)32-26(30-24)17-23(31-32)20-12-6-3-7-13-20/h2-18H,1H3,(H,29,33). The number of nitrogens with one attached hydrogen (secondary N) is 1. The van der Waals surface area contributed by atoms with Gasteiger partial charge in [0, 0.05) is 17.2 Å². The average molecular weight is 436 g/mol. The summed E-state index contributed by atoms with van der Waals surface area (Å²) < 4.78 is 16.3. The Morgan fingerprint density at radius 3 is 2.30 bits per heavy atom. The lowest BCUT2D eigenvalue weighted by Gasteiger charge is -2.15. The highest BCUT2D eigenvalue weighted by Crippen LogP contribution is 2.27. The first kappa shape index (κ1) is 20.6. The van der Waals surface area contributed by atoms with Crippen molar-refractivity contribution < 1.29 is 9.18 Å². The highest BCUT2D eigenvalue weighted by atomic mass is 19.1. The van der Waals surface area contributed by atoms with Crippen molar-refractivity contribution in [1.29, 1.82) is 0 Å². The molecule has 0 radical (unpaired) electrons. The van der Waals surface area contributed by atoms with E-state index in [-0.39, 0.29) is 17.6 Å². The lowest BCUT2D eigenvalue weighted by atomic mass is 10.1. The predicted octanol–water partition coefficient (Wildman–Crippen LogP) is 5.69. The van der Waals surface area contributed by atoms with E-state index in [1.807, 2.05) is 67.6 Å². The molecular weight excluding hydrogens is 415 g/mol. The van der Waals surface area contributed by atoms with Gasteiger partial charge in [0.2, 0.25) is 0 Å². The van der Waals surface area contributed by atoms with Crippen molar-refractivity contribution in [2.75, 3.05) is 0 Å². The van der Waals surface area contributed by atoms with Crippen LogP contribution in [-0.2, 0) is 0 Å². The normalized spacial score (nSPS) is 11.9. The molecule has 33 heavy (non-hydrogen) atoms. The molecular formula is C27H21FN4O. The van der Waals surface area contributed by atoms with E-state index in [1.165, 1.54) is 6.07 Å². The number of carbonyl (C=O) groups excluding carboxylic acids is 1. The Bertz CT molecular complexity index is 1430. The molecule has 1 N–H and O–H groups in total. The maximum atomic E-state index is 14.7. The van der Waals surface area contributed by atoms with Crippen molar-refractivity contribution in [3.8, 4) is 22.5 Å². The summed E-state index contributed by atoms with van der Waals surface area (Å²) in [6.45, 7) is 1.91. The van der Waals surface area contributed by atoms with Gasteiger partial charge < -0.3 is 5.32 Å². The number of aromatic nitrogens is 3. The summed E-state index contributed by atoms with van der Waals surface area (Å²) in [5.41, 5.74) is 4.05. The van der Waals surface area contributed by atoms with Gasteiger partial charge in [0.25, 0.3) is 5.91 Å². The molecule has 0 saturated carbocycles. The van der Waals surface area contributed by atoms with Crippen LogP contribution in [0.25, 0.3) is 28.2 Å². The summed E-state index contributed by atoms with van der Waals surface area (Å²) in [5.74, 6) is -0.736. The topological polar surface area (TPSA) is 59.3 Å². The zero-order chi connectivity index (χ0) is 22.8. The van der Waals surface area contributed by atoms with E-state index in [0.29, 0.717) is 22.6 Å². The lowest BCUT2D eigenvalue weighted by Crippen LogP contribution is -2.27. The van der Waals surface area contributed by atoms with Gasteiger partial charge in [-0.05, 0) is 30.7 Å². The highest BCUT2D eigenvalue weighted by Gasteiger charge is 2.19. The summed E-state index contributed by atoms with van der Waals surface area (Å²) in [5, 5.41) is 7.65. The number of benzene rings is 3. The number of nitrogens with zero attached hydrogens (tertiary/aromatic N) is 3. The first-order chi connectivity index (χ1) is 16.1. The number of fused-ring (bicyclic) bond motifs is 1. The molecule has 5 rings (SSSR count). The second kappa shape index (κ2) is 8.67. The molecule has 5 aromatic rings. The maximum Gasteiger partial charge on any atom is 0.270 e. The van der Waals surface area contributed by atoms with E-state index in [4.69, 9.17) is 0 Å². The van der Waals surface area contributed by atoms with Crippen molar-refractivity contribution in [3.63, 3.8) is 0 Å². The summed E-state index contributed by atoms with van der Waals surface area (Å²) in [6, 6.07) is 29.0. The average Bonchev–Trinajstić information content (AvgIpc) is 3.29. The Hall–Kier alpha value is -4.32. The summed E-state index contributed by atoms with van der Waals surface area (Å²) in [4.78, 5) is 17.7. The first-order valence-corrected chi connectivity index (χ1v) is 10.7. The summed E-state index contributed by atoms with van der Waals surface area (Å²) in [7, 11) is 0. The van der Waals surface area contributed by atoms with E-state index in [0.717, 1.165) is 11.1 Å². The van der Waals surface area contributed by atoms with Crippen molar-refractivity contribution in [1.82, 2.24) is 19.9 Å². The van der Waals surface area contributed by atoms with E-state index in [1.54, 1.807) is 34.8 Å². The van der Waals surface area contributed by atoms with Crippen LogP contribution in [0.15, 0.2) is 97.1 Å². The zero-order valence-corrected chi connectivity index (χ0v) is 17.9. The quantitative estimate of drug-likeness (QED) is 0.385. The molecule has 0 saturated heterocycles. The van der Waals surface area contributed by atoms with Gasteiger partial charge in [0.05, 0.1) is 17.4 Å². The largest absolute Gasteiger partial charge is 0.344 e. The van der Waals surface area contributed by atoms with Gasteiger partial charge in [-0.1, -0.05) is 72.8 Å². The molecule has 0 aliphatic carbocycles. The molecule has 3 aromatic carbocycles. The molecule has 1 unspecified atom stereocenters. The molecule has 0 aliphatic rings. The lowest BCUT2D eigenvalue weighted by molar-refractivity contribution is 0.0935.